The van der Waals surface area contributed by atoms with Crippen molar-refractivity contribution in [3.63, 3.8) is 0 Å². The topological polar surface area (TPSA) is 71.3 Å². The van der Waals surface area contributed by atoms with E-state index in [1.807, 2.05) is 50.2 Å². The van der Waals surface area contributed by atoms with E-state index >= 15 is 0 Å². The van der Waals surface area contributed by atoms with Crippen LogP contribution in [-0.4, -0.2) is 27.6 Å². The number of rotatable bonds is 6. The first-order valence-electron chi connectivity index (χ1n) is 11.2. The second-order valence-electron chi connectivity index (χ2n) is 8.77. The number of urea groups is 1. The monoisotopic (exact) mass is 430 g/mol. The normalized spacial score (nSPS) is 16.6. The lowest BCUT2D eigenvalue weighted by molar-refractivity contribution is 0.199. The van der Waals surface area contributed by atoms with Gasteiger partial charge in [0.1, 0.15) is 0 Å². The van der Waals surface area contributed by atoms with E-state index in [1.54, 1.807) is 4.90 Å². The first-order chi connectivity index (χ1) is 15.4. The van der Waals surface area contributed by atoms with Crippen LogP contribution in [0.5, 0.6) is 0 Å². The van der Waals surface area contributed by atoms with Crippen LogP contribution >= 0.6 is 0 Å². The Hall–Kier alpha value is -3.41. The fourth-order valence-corrected chi connectivity index (χ4v) is 3.99. The van der Waals surface area contributed by atoms with Gasteiger partial charge in [-0.1, -0.05) is 80.0 Å². The number of amides is 2. The van der Waals surface area contributed by atoms with Crippen molar-refractivity contribution in [3.05, 3.63) is 76.8 Å². The van der Waals surface area contributed by atoms with Crippen molar-refractivity contribution in [1.29, 1.82) is 0 Å². The maximum Gasteiger partial charge on any atom is 0.322 e. The van der Waals surface area contributed by atoms with E-state index in [2.05, 4.69) is 43.4 Å². The molecule has 0 saturated carbocycles. The summed E-state index contributed by atoms with van der Waals surface area (Å²) in [5, 5.41) is 7.40. The lowest BCUT2D eigenvalue weighted by Gasteiger charge is -2.36. The molecule has 0 fully saturated rings. The Kier molecular flexibility index (Phi) is 6.12. The molecule has 0 aliphatic carbocycles. The Morgan fingerprint density at radius 3 is 2.38 bits per heavy atom. The van der Waals surface area contributed by atoms with Crippen molar-refractivity contribution < 1.29 is 9.32 Å². The number of carbonyl (C=O) groups excluding carboxylic acids is 1. The predicted molar refractivity (Wildman–Crippen MR) is 126 cm³/mol. The lowest BCUT2D eigenvalue weighted by Crippen LogP contribution is -2.47. The Balaban J connectivity index is 1.78. The molecule has 6 nitrogen and oxygen atoms in total. The summed E-state index contributed by atoms with van der Waals surface area (Å²) in [5.74, 6) is 1.29. The standard InChI is InChI=1S/C26H30N4O2/c1-6-19-9-13-21(14-10-19)24-28-25(32-29-24)22-18(5)30(15-16(2)3)26(31)27-23(22)20-11-7-17(4)8-12-20/h7-14,16,23H,6,15H2,1-5H3,(H,27,31). The third-order valence-corrected chi connectivity index (χ3v) is 5.83. The largest absolute Gasteiger partial charge is 0.334 e. The van der Waals surface area contributed by atoms with Crippen LogP contribution in [-0.2, 0) is 6.42 Å². The zero-order chi connectivity index (χ0) is 22.8. The lowest BCUT2D eigenvalue weighted by atomic mass is 9.94. The van der Waals surface area contributed by atoms with Gasteiger partial charge < -0.3 is 9.84 Å². The molecule has 1 atom stereocenters. The van der Waals surface area contributed by atoms with Crippen LogP contribution in [0, 0.1) is 12.8 Å². The van der Waals surface area contributed by atoms with Crippen LogP contribution in [0.3, 0.4) is 0 Å². The van der Waals surface area contributed by atoms with Crippen molar-refractivity contribution >= 4 is 11.6 Å². The first kappa shape index (κ1) is 21.8. The summed E-state index contributed by atoms with van der Waals surface area (Å²) >= 11 is 0. The second-order valence-corrected chi connectivity index (χ2v) is 8.77. The molecule has 32 heavy (non-hydrogen) atoms. The number of aryl methyl sites for hydroxylation is 2. The molecule has 1 aliphatic rings. The van der Waals surface area contributed by atoms with E-state index in [0.29, 0.717) is 24.2 Å². The quantitative estimate of drug-likeness (QED) is 0.540. The third kappa shape index (κ3) is 4.31. The molecule has 0 radical (unpaired) electrons. The van der Waals surface area contributed by atoms with Crippen LogP contribution in [0.2, 0.25) is 0 Å². The Morgan fingerprint density at radius 1 is 1.06 bits per heavy atom. The van der Waals surface area contributed by atoms with E-state index in [-0.39, 0.29) is 12.1 Å². The zero-order valence-corrected chi connectivity index (χ0v) is 19.3. The molecule has 1 unspecified atom stereocenters. The maximum absolute atomic E-state index is 13.0. The van der Waals surface area contributed by atoms with Crippen LogP contribution in [0.1, 0.15) is 56.3 Å². The van der Waals surface area contributed by atoms with Crippen molar-refractivity contribution in [2.45, 2.75) is 47.1 Å². The summed E-state index contributed by atoms with van der Waals surface area (Å²) in [6.45, 7) is 10.9. The van der Waals surface area contributed by atoms with Gasteiger partial charge in [-0.3, -0.25) is 4.90 Å². The zero-order valence-electron chi connectivity index (χ0n) is 19.3. The van der Waals surface area contributed by atoms with Gasteiger partial charge in [0.05, 0.1) is 11.6 Å². The van der Waals surface area contributed by atoms with Crippen molar-refractivity contribution in [1.82, 2.24) is 20.4 Å². The second kappa shape index (κ2) is 8.99. The van der Waals surface area contributed by atoms with E-state index in [1.165, 1.54) is 5.56 Å². The van der Waals surface area contributed by atoms with Gasteiger partial charge in [-0.05, 0) is 37.3 Å². The van der Waals surface area contributed by atoms with Crippen molar-refractivity contribution in [2.75, 3.05) is 6.54 Å². The van der Waals surface area contributed by atoms with Crippen LogP contribution in [0.4, 0.5) is 4.79 Å². The third-order valence-electron chi connectivity index (χ3n) is 5.83. The molecule has 2 amide bonds. The van der Waals surface area contributed by atoms with Gasteiger partial charge in [-0.2, -0.15) is 4.98 Å². The molecule has 2 aromatic carbocycles. The van der Waals surface area contributed by atoms with E-state index in [9.17, 15) is 4.79 Å². The number of benzene rings is 2. The molecule has 4 rings (SSSR count). The van der Waals surface area contributed by atoms with E-state index < -0.39 is 0 Å². The smallest absolute Gasteiger partial charge is 0.322 e. The molecule has 6 heteroatoms. The Morgan fingerprint density at radius 2 is 1.75 bits per heavy atom. The average Bonchev–Trinajstić information content (AvgIpc) is 3.26. The summed E-state index contributed by atoms with van der Waals surface area (Å²) in [6.07, 6.45) is 0.980. The van der Waals surface area contributed by atoms with Crippen LogP contribution in [0.25, 0.3) is 17.0 Å². The van der Waals surface area contributed by atoms with Gasteiger partial charge in [-0.25, -0.2) is 4.79 Å². The Bertz CT molecular complexity index is 1130. The maximum atomic E-state index is 13.0. The molecule has 3 aromatic rings. The van der Waals surface area contributed by atoms with Crippen molar-refractivity contribution in [2.24, 2.45) is 5.92 Å². The van der Waals surface area contributed by atoms with Crippen LogP contribution in [0.15, 0.2) is 58.8 Å². The number of allylic oxidation sites excluding steroid dienone is 1. The number of aromatic nitrogens is 2. The van der Waals surface area contributed by atoms with Gasteiger partial charge in [0.15, 0.2) is 0 Å². The van der Waals surface area contributed by atoms with Gasteiger partial charge >= 0.3 is 6.03 Å². The minimum Gasteiger partial charge on any atom is -0.334 e. The molecule has 0 bridgehead atoms. The average molecular weight is 431 g/mol. The number of hydrogen-bond donors (Lipinski definition) is 1. The number of carbonyl (C=O) groups is 1. The molecular formula is C26H30N4O2. The van der Waals surface area contributed by atoms with Crippen LogP contribution < -0.4 is 5.32 Å². The van der Waals surface area contributed by atoms with E-state index in [0.717, 1.165) is 34.4 Å². The highest BCUT2D eigenvalue weighted by molar-refractivity contribution is 5.86. The van der Waals surface area contributed by atoms with Gasteiger partial charge in [0, 0.05) is 17.8 Å². The fourth-order valence-electron chi connectivity index (χ4n) is 3.99. The first-order valence-corrected chi connectivity index (χ1v) is 11.2. The summed E-state index contributed by atoms with van der Waals surface area (Å²) in [6, 6.07) is 15.9. The number of nitrogens with zero attached hydrogens (tertiary/aromatic N) is 3. The summed E-state index contributed by atoms with van der Waals surface area (Å²) in [4.78, 5) is 19.5. The molecule has 0 spiro atoms. The Labute approximate surface area is 189 Å². The SMILES string of the molecule is CCc1ccc(-c2noc(C3=C(C)N(CC(C)C)C(=O)NC3c3ccc(C)cc3)n2)cc1. The molecule has 1 N–H and O–H groups in total. The summed E-state index contributed by atoms with van der Waals surface area (Å²) in [7, 11) is 0. The van der Waals surface area contributed by atoms with Gasteiger partial charge in [0.25, 0.3) is 5.89 Å². The molecule has 0 saturated heterocycles. The van der Waals surface area contributed by atoms with Crippen molar-refractivity contribution in [3.8, 4) is 11.4 Å². The fraction of sp³-hybridized carbons (Fsp3) is 0.346. The minimum absolute atomic E-state index is 0.111. The number of nitrogens with one attached hydrogen (secondary N) is 1. The molecule has 1 aromatic heterocycles. The highest BCUT2D eigenvalue weighted by atomic mass is 16.5. The highest BCUT2D eigenvalue weighted by Gasteiger charge is 2.35. The molecular weight excluding hydrogens is 400 g/mol. The molecule has 2 heterocycles. The predicted octanol–water partition coefficient (Wildman–Crippen LogP) is 5.76. The summed E-state index contributed by atoms with van der Waals surface area (Å²) < 4.78 is 5.75. The minimum atomic E-state index is -0.359. The molecule has 166 valence electrons. The number of hydrogen-bond acceptors (Lipinski definition) is 4. The highest BCUT2D eigenvalue weighted by Crippen LogP contribution is 2.37. The van der Waals surface area contributed by atoms with E-state index in [4.69, 9.17) is 9.51 Å². The molecule has 1 aliphatic heterocycles. The summed E-state index contributed by atoms with van der Waals surface area (Å²) in [5.41, 5.74) is 5.98. The van der Waals surface area contributed by atoms with Gasteiger partial charge in [0.2, 0.25) is 5.82 Å². The van der Waals surface area contributed by atoms with Gasteiger partial charge in [-0.15, -0.1) is 0 Å².